The highest BCUT2D eigenvalue weighted by molar-refractivity contribution is 6.28. The van der Waals surface area contributed by atoms with Gasteiger partial charge in [0.15, 0.2) is 0 Å². The normalized spacial score (nSPS) is 11.1. The number of nitrogens with one attached hydrogen (secondary N) is 2. The minimum Gasteiger partial charge on any atom is -0.444 e. The lowest BCUT2D eigenvalue weighted by molar-refractivity contribution is 0.0530. The maximum Gasteiger partial charge on any atom is 0.407 e. The third-order valence-corrected chi connectivity index (χ3v) is 2.47. The summed E-state index contributed by atoms with van der Waals surface area (Å²) in [4.78, 5) is 27.3. The number of ether oxygens (including phenoxy) is 1. The van der Waals surface area contributed by atoms with Crippen molar-refractivity contribution in [2.75, 3.05) is 18.4 Å². The Morgan fingerprint density at radius 3 is 2.74 bits per heavy atom. The molecule has 0 aliphatic carbocycles. The van der Waals surface area contributed by atoms with Gasteiger partial charge in [0.05, 0.1) is 0 Å². The molecule has 2 rings (SSSR count). The number of alkyl carbamates (subject to hydrolysis) is 1. The fraction of sp³-hybridized carbons (Fsp3) is 0.500. The summed E-state index contributed by atoms with van der Waals surface area (Å²) in [5, 5.41) is 9.48. The summed E-state index contributed by atoms with van der Waals surface area (Å²) >= 11 is 5.85. The summed E-state index contributed by atoms with van der Waals surface area (Å²) in [5.74, 6) is 0.506. The summed E-state index contributed by atoms with van der Waals surface area (Å²) in [7, 11) is 0. The van der Waals surface area contributed by atoms with Crippen molar-refractivity contribution < 1.29 is 9.53 Å². The molecule has 0 spiro atoms. The Morgan fingerprint density at radius 1 is 1.30 bits per heavy atom. The second-order valence-corrected chi connectivity index (χ2v) is 5.76. The van der Waals surface area contributed by atoms with Crippen LogP contribution in [0.25, 0.3) is 5.95 Å². The first kappa shape index (κ1) is 16.9. The molecule has 2 N–H and O–H groups in total. The molecule has 0 aromatic carbocycles. The van der Waals surface area contributed by atoms with Gasteiger partial charge in [0.1, 0.15) is 18.3 Å². The van der Waals surface area contributed by atoms with Crippen molar-refractivity contribution >= 4 is 23.6 Å². The van der Waals surface area contributed by atoms with E-state index >= 15 is 0 Å². The molecule has 10 nitrogen and oxygen atoms in total. The molecule has 0 atom stereocenters. The van der Waals surface area contributed by atoms with Crippen LogP contribution in [0, 0.1) is 0 Å². The lowest BCUT2D eigenvalue weighted by atomic mass is 10.2. The van der Waals surface area contributed by atoms with Crippen LogP contribution in [0.5, 0.6) is 0 Å². The van der Waals surface area contributed by atoms with Crippen LogP contribution >= 0.6 is 11.6 Å². The zero-order valence-corrected chi connectivity index (χ0v) is 13.7. The van der Waals surface area contributed by atoms with Gasteiger partial charge in [-0.1, -0.05) is 0 Å². The van der Waals surface area contributed by atoms with Crippen LogP contribution in [0.15, 0.2) is 12.7 Å². The number of aromatic nitrogens is 6. The standard InChI is InChI=1S/C12H17ClN8O2/c1-12(2,3)23-11(22)16-5-4-15-9-18-8(13)19-10(20-9)21-7-14-6-17-21/h6-7H,4-5H2,1-3H3,(H,16,22)(H,15,18,19,20). The van der Waals surface area contributed by atoms with E-state index < -0.39 is 11.7 Å². The van der Waals surface area contributed by atoms with Crippen molar-refractivity contribution in [3.05, 3.63) is 17.9 Å². The maximum atomic E-state index is 11.5. The number of halogens is 1. The molecule has 11 heteroatoms. The Bertz CT molecular complexity index is 656. The second-order valence-electron chi connectivity index (χ2n) is 5.42. The summed E-state index contributed by atoms with van der Waals surface area (Å²) in [6, 6.07) is 0. The van der Waals surface area contributed by atoms with E-state index in [0.717, 1.165) is 0 Å². The average molecular weight is 341 g/mol. The van der Waals surface area contributed by atoms with Gasteiger partial charge in [0, 0.05) is 13.1 Å². The third-order valence-electron chi connectivity index (χ3n) is 2.30. The van der Waals surface area contributed by atoms with E-state index in [-0.39, 0.29) is 17.2 Å². The van der Waals surface area contributed by atoms with E-state index in [0.29, 0.717) is 13.1 Å². The Morgan fingerprint density at radius 2 is 2.09 bits per heavy atom. The first-order valence-corrected chi connectivity index (χ1v) is 7.18. The summed E-state index contributed by atoms with van der Waals surface area (Å²) < 4.78 is 6.48. The quantitative estimate of drug-likeness (QED) is 0.775. The summed E-state index contributed by atoms with van der Waals surface area (Å²) in [6.45, 7) is 6.10. The van der Waals surface area contributed by atoms with E-state index in [1.54, 1.807) is 20.8 Å². The second kappa shape index (κ2) is 7.18. The van der Waals surface area contributed by atoms with Crippen LogP contribution in [-0.4, -0.2) is 54.5 Å². The molecule has 0 aliphatic rings. The van der Waals surface area contributed by atoms with E-state index in [2.05, 4.69) is 35.7 Å². The molecule has 2 aromatic rings. The fourth-order valence-electron chi connectivity index (χ4n) is 1.49. The average Bonchev–Trinajstić information content (AvgIpc) is 2.95. The molecule has 0 saturated heterocycles. The van der Waals surface area contributed by atoms with E-state index in [1.165, 1.54) is 17.3 Å². The Labute approximate surface area is 137 Å². The van der Waals surface area contributed by atoms with Crippen molar-refractivity contribution in [2.24, 2.45) is 0 Å². The Kier molecular flexibility index (Phi) is 5.27. The van der Waals surface area contributed by atoms with Gasteiger partial charge in [-0.05, 0) is 32.4 Å². The van der Waals surface area contributed by atoms with Crippen molar-refractivity contribution in [2.45, 2.75) is 26.4 Å². The minimum atomic E-state index is -0.536. The van der Waals surface area contributed by atoms with Gasteiger partial charge >= 0.3 is 6.09 Å². The fourth-order valence-corrected chi connectivity index (χ4v) is 1.64. The number of carbonyl (C=O) groups excluding carboxylic acids is 1. The number of amides is 1. The molecule has 0 bridgehead atoms. The van der Waals surface area contributed by atoms with Crippen LogP contribution in [0.4, 0.5) is 10.7 Å². The molecular weight excluding hydrogens is 324 g/mol. The highest BCUT2D eigenvalue weighted by atomic mass is 35.5. The maximum absolute atomic E-state index is 11.5. The number of nitrogens with zero attached hydrogens (tertiary/aromatic N) is 6. The summed E-state index contributed by atoms with van der Waals surface area (Å²) in [6.07, 6.45) is 2.31. The van der Waals surface area contributed by atoms with Crippen molar-refractivity contribution in [1.82, 2.24) is 35.0 Å². The van der Waals surface area contributed by atoms with Gasteiger partial charge < -0.3 is 15.4 Å². The molecule has 23 heavy (non-hydrogen) atoms. The lowest BCUT2D eigenvalue weighted by Crippen LogP contribution is -2.35. The lowest BCUT2D eigenvalue weighted by Gasteiger charge is -2.19. The molecule has 0 unspecified atom stereocenters. The SMILES string of the molecule is CC(C)(C)OC(=O)NCCNc1nc(Cl)nc(-n2cncn2)n1. The first-order valence-electron chi connectivity index (χ1n) is 6.81. The predicted molar refractivity (Wildman–Crippen MR) is 82.5 cm³/mol. The monoisotopic (exact) mass is 340 g/mol. The van der Waals surface area contributed by atoms with Crippen molar-refractivity contribution in [3.63, 3.8) is 0 Å². The molecule has 0 saturated carbocycles. The van der Waals surface area contributed by atoms with Crippen LogP contribution in [0.1, 0.15) is 20.8 Å². The molecule has 0 fully saturated rings. The number of hydrogen-bond acceptors (Lipinski definition) is 8. The number of anilines is 1. The Balaban J connectivity index is 1.86. The summed E-state index contributed by atoms with van der Waals surface area (Å²) in [5.41, 5.74) is -0.536. The molecule has 1 amide bonds. The zero-order valence-electron chi connectivity index (χ0n) is 12.9. The van der Waals surface area contributed by atoms with Gasteiger partial charge in [-0.25, -0.2) is 9.78 Å². The Hall–Kier alpha value is -2.49. The minimum absolute atomic E-state index is 0.0214. The number of rotatable bonds is 5. The zero-order chi connectivity index (χ0) is 16.9. The van der Waals surface area contributed by atoms with E-state index in [9.17, 15) is 4.79 Å². The van der Waals surface area contributed by atoms with Crippen LogP contribution in [-0.2, 0) is 4.74 Å². The first-order chi connectivity index (χ1) is 10.8. The van der Waals surface area contributed by atoms with Crippen molar-refractivity contribution in [3.8, 4) is 5.95 Å². The highest BCUT2D eigenvalue weighted by Gasteiger charge is 2.15. The van der Waals surface area contributed by atoms with Crippen LogP contribution in [0.3, 0.4) is 0 Å². The third kappa shape index (κ3) is 5.66. The van der Waals surface area contributed by atoms with Crippen molar-refractivity contribution in [1.29, 1.82) is 0 Å². The molecule has 0 aliphatic heterocycles. The van der Waals surface area contributed by atoms with E-state index in [1.807, 2.05) is 0 Å². The topological polar surface area (TPSA) is 120 Å². The van der Waals surface area contributed by atoms with Crippen LogP contribution in [0.2, 0.25) is 5.28 Å². The number of hydrogen-bond donors (Lipinski definition) is 2. The largest absolute Gasteiger partial charge is 0.444 e. The van der Waals surface area contributed by atoms with Gasteiger partial charge in [-0.15, -0.1) is 0 Å². The van der Waals surface area contributed by atoms with Gasteiger partial charge in [0.25, 0.3) is 5.95 Å². The highest BCUT2D eigenvalue weighted by Crippen LogP contribution is 2.08. The van der Waals surface area contributed by atoms with Crippen LogP contribution < -0.4 is 10.6 Å². The molecule has 2 aromatic heterocycles. The molecule has 0 radical (unpaired) electrons. The smallest absolute Gasteiger partial charge is 0.407 e. The van der Waals surface area contributed by atoms with Gasteiger partial charge in [0.2, 0.25) is 11.2 Å². The molecule has 2 heterocycles. The van der Waals surface area contributed by atoms with E-state index in [4.69, 9.17) is 16.3 Å². The molecule has 124 valence electrons. The molecular formula is C12H17ClN8O2. The number of carbonyl (C=O) groups is 1. The van der Waals surface area contributed by atoms with Gasteiger partial charge in [-0.2, -0.15) is 24.7 Å². The predicted octanol–water partition coefficient (Wildman–Crippen LogP) is 1.04. The van der Waals surface area contributed by atoms with Gasteiger partial charge in [-0.3, -0.25) is 0 Å².